The molecule has 0 spiro atoms. The van der Waals surface area contributed by atoms with E-state index in [-0.39, 0.29) is 12.0 Å². The standard InChI is InChI=1S/C20H19ClN2O3/c1-12(2)25-15-10-8-14(9-11-15)22-20(24)18-13(3)26-23-19(18)16-6-4-5-7-17(16)21/h4-12H,1-3H3,(H,22,24). The Morgan fingerprint density at radius 2 is 1.85 bits per heavy atom. The molecule has 0 fully saturated rings. The molecule has 134 valence electrons. The number of carbonyl (C=O) groups is 1. The molecule has 2 aromatic carbocycles. The fourth-order valence-electron chi connectivity index (χ4n) is 2.56. The fraction of sp³-hybridized carbons (Fsp3) is 0.200. The lowest BCUT2D eigenvalue weighted by molar-refractivity contribution is 0.102. The number of aromatic nitrogens is 1. The van der Waals surface area contributed by atoms with Gasteiger partial charge in [0, 0.05) is 11.3 Å². The van der Waals surface area contributed by atoms with Crippen LogP contribution in [0, 0.1) is 6.92 Å². The second kappa shape index (κ2) is 7.62. The lowest BCUT2D eigenvalue weighted by Gasteiger charge is -2.11. The number of nitrogens with zero attached hydrogens (tertiary/aromatic N) is 1. The Morgan fingerprint density at radius 3 is 2.50 bits per heavy atom. The summed E-state index contributed by atoms with van der Waals surface area (Å²) >= 11 is 6.24. The zero-order valence-electron chi connectivity index (χ0n) is 14.7. The van der Waals surface area contributed by atoms with E-state index in [1.165, 1.54) is 0 Å². The number of halogens is 1. The number of nitrogens with one attached hydrogen (secondary N) is 1. The number of aryl methyl sites for hydroxylation is 1. The molecule has 0 aliphatic heterocycles. The normalized spacial score (nSPS) is 10.8. The lowest BCUT2D eigenvalue weighted by Crippen LogP contribution is -2.13. The maximum atomic E-state index is 12.8. The average Bonchev–Trinajstić information content (AvgIpc) is 2.98. The number of carbonyl (C=O) groups excluding carboxylic acids is 1. The Labute approximate surface area is 156 Å². The molecule has 0 aliphatic rings. The van der Waals surface area contributed by atoms with E-state index in [1.807, 2.05) is 38.1 Å². The van der Waals surface area contributed by atoms with Crippen molar-refractivity contribution >= 4 is 23.2 Å². The summed E-state index contributed by atoms with van der Waals surface area (Å²) in [5.41, 5.74) is 2.08. The van der Waals surface area contributed by atoms with Crippen molar-refractivity contribution in [1.29, 1.82) is 0 Å². The molecule has 1 amide bonds. The van der Waals surface area contributed by atoms with E-state index >= 15 is 0 Å². The highest BCUT2D eigenvalue weighted by Gasteiger charge is 2.23. The number of rotatable bonds is 5. The first-order chi connectivity index (χ1) is 12.5. The second-order valence-corrected chi connectivity index (χ2v) is 6.49. The molecule has 6 heteroatoms. The Kier molecular flexibility index (Phi) is 5.28. The van der Waals surface area contributed by atoms with Gasteiger partial charge < -0.3 is 14.6 Å². The molecule has 3 rings (SSSR count). The fourth-order valence-corrected chi connectivity index (χ4v) is 2.78. The molecule has 5 nitrogen and oxygen atoms in total. The van der Waals surface area contributed by atoms with Crippen molar-refractivity contribution in [3.8, 4) is 17.0 Å². The smallest absolute Gasteiger partial charge is 0.261 e. The Hall–Kier alpha value is -2.79. The summed E-state index contributed by atoms with van der Waals surface area (Å²) in [5, 5.41) is 7.38. The molecule has 0 bridgehead atoms. The molecular formula is C20H19ClN2O3. The van der Waals surface area contributed by atoms with Crippen LogP contribution in [0.4, 0.5) is 5.69 Å². The van der Waals surface area contributed by atoms with Crippen molar-refractivity contribution in [2.45, 2.75) is 26.9 Å². The van der Waals surface area contributed by atoms with Crippen molar-refractivity contribution < 1.29 is 14.1 Å². The van der Waals surface area contributed by atoms with Gasteiger partial charge in [-0.15, -0.1) is 0 Å². The third-order valence-electron chi connectivity index (χ3n) is 3.70. The maximum absolute atomic E-state index is 12.8. The van der Waals surface area contributed by atoms with Crippen LogP contribution in [0.5, 0.6) is 5.75 Å². The predicted molar refractivity (Wildman–Crippen MR) is 102 cm³/mol. The quantitative estimate of drug-likeness (QED) is 0.658. The lowest BCUT2D eigenvalue weighted by atomic mass is 10.1. The monoisotopic (exact) mass is 370 g/mol. The van der Waals surface area contributed by atoms with Gasteiger partial charge in [-0.05, 0) is 51.1 Å². The summed E-state index contributed by atoms with van der Waals surface area (Å²) < 4.78 is 10.8. The summed E-state index contributed by atoms with van der Waals surface area (Å²) in [4.78, 5) is 12.8. The Morgan fingerprint density at radius 1 is 1.15 bits per heavy atom. The molecule has 0 aliphatic carbocycles. The molecule has 26 heavy (non-hydrogen) atoms. The molecule has 0 atom stereocenters. The van der Waals surface area contributed by atoms with Crippen LogP contribution < -0.4 is 10.1 Å². The van der Waals surface area contributed by atoms with E-state index in [0.717, 1.165) is 5.75 Å². The molecule has 1 heterocycles. The molecule has 0 radical (unpaired) electrons. The number of anilines is 1. The topological polar surface area (TPSA) is 64.4 Å². The molecular weight excluding hydrogens is 352 g/mol. The van der Waals surface area contributed by atoms with Gasteiger partial charge in [0.05, 0.1) is 11.1 Å². The molecule has 1 aromatic heterocycles. The molecule has 0 saturated heterocycles. The van der Waals surface area contributed by atoms with Gasteiger partial charge >= 0.3 is 0 Å². The molecule has 0 saturated carbocycles. The van der Waals surface area contributed by atoms with Crippen molar-refractivity contribution in [2.24, 2.45) is 0 Å². The van der Waals surface area contributed by atoms with Crippen LogP contribution >= 0.6 is 11.6 Å². The number of hydrogen-bond donors (Lipinski definition) is 1. The molecule has 1 N–H and O–H groups in total. The number of hydrogen-bond acceptors (Lipinski definition) is 4. The summed E-state index contributed by atoms with van der Waals surface area (Å²) in [6.07, 6.45) is 0.0910. The minimum absolute atomic E-state index is 0.0910. The first kappa shape index (κ1) is 18.0. The van der Waals surface area contributed by atoms with E-state index < -0.39 is 0 Å². The van der Waals surface area contributed by atoms with Gasteiger partial charge in [-0.3, -0.25) is 4.79 Å². The van der Waals surface area contributed by atoms with Gasteiger partial charge in [0.15, 0.2) is 0 Å². The SMILES string of the molecule is Cc1onc(-c2ccccc2Cl)c1C(=O)Nc1ccc(OC(C)C)cc1. The van der Waals surface area contributed by atoms with Gasteiger partial charge in [-0.1, -0.05) is 35.0 Å². The predicted octanol–water partition coefficient (Wildman–Crippen LogP) is 5.34. The van der Waals surface area contributed by atoms with Crippen LogP contribution in [0.3, 0.4) is 0 Å². The highest BCUT2D eigenvalue weighted by Crippen LogP contribution is 2.31. The molecule has 3 aromatic rings. The van der Waals surface area contributed by atoms with Crippen molar-refractivity contribution in [3.05, 3.63) is 64.9 Å². The van der Waals surface area contributed by atoms with Gasteiger partial charge in [0.1, 0.15) is 22.8 Å². The first-order valence-corrected chi connectivity index (χ1v) is 8.62. The van der Waals surface area contributed by atoms with Gasteiger partial charge in [0.2, 0.25) is 0 Å². The maximum Gasteiger partial charge on any atom is 0.261 e. The van der Waals surface area contributed by atoms with Crippen molar-refractivity contribution in [2.75, 3.05) is 5.32 Å². The minimum atomic E-state index is -0.309. The number of ether oxygens (including phenoxy) is 1. The number of benzene rings is 2. The largest absolute Gasteiger partial charge is 0.491 e. The van der Waals surface area contributed by atoms with Gasteiger partial charge in [-0.25, -0.2) is 0 Å². The zero-order valence-corrected chi connectivity index (χ0v) is 15.5. The van der Waals surface area contributed by atoms with Crippen LogP contribution in [-0.4, -0.2) is 17.2 Å². The van der Waals surface area contributed by atoms with E-state index in [0.29, 0.717) is 33.3 Å². The van der Waals surface area contributed by atoms with Crippen LogP contribution in [0.1, 0.15) is 30.0 Å². The third kappa shape index (κ3) is 3.89. The van der Waals surface area contributed by atoms with Gasteiger partial charge in [-0.2, -0.15) is 0 Å². The van der Waals surface area contributed by atoms with Crippen molar-refractivity contribution in [1.82, 2.24) is 5.16 Å². The average molecular weight is 371 g/mol. The summed E-state index contributed by atoms with van der Waals surface area (Å²) in [5.74, 6) is 0.865. The first-order valence-electron chi connectivity index (χ1n) is 8.25. The van der Waals surface area contributed by atoms with E-state index in [1.54, 1.807) is 31.2 Å². The Bertz CT molecular complexity index is 917. The molecule has 0 unspecified atom stereocenters. The van der Waals surface area contributed by atoms with Crippen LogP contribution in [-0.2, 0) is 0 Å². The van der Waals surface area contributed by atoms with Crippen LogP contribution in [0.25, 0.3) is 11.3 Å². The summed E-state index contributed by atoms with van der Waals surface area (Å²) in [6.45, 7) is 5.61. The summed E-state index contributed by atoms with van der Waals surface area (Å²) in [6, 6.07) is 14.4. The van der Waals surface area contributed by atoms with Crippen LogP contribution in [0.15, 0.2) is 53.1 Å². The van der Waals surface area contributed by atoms with Crippen LogP contribution in [0.2, 0.25) is 5.02 Å². The van der Waals surface area contributed by atoms with E-state index in [9.17, 15) is 4.79 Å². The third-order valence-corrected chi connectivity index (χ3v) is 4.03. The van der Waals surface area contributed by atoms with Gasteiger partial charge in [0.25, 0.3) is 5.91 Å². The second-order valence-electron chi connectivity index (χ2n) is 6.09. The van der Waals surface area contributed by atoms with Crippen molar-refractivity contribution in [3.63, 3.8) is 0 Å². The highest BCUT2D eigenvalue weighted by molar-refractivity contribution is 6.33. The minimum Gasteiger partial charge on any atom is -0.491 e. The van der Waals surface area contributed by atoms with E-state index in [2.05, 4.69) is 10.5 Å². The highest BCUT2D eigenvalue weighted by atomic mass is 35.5. The van der Waals surface area contributed by atoms with E-state index in [4.69, 9.17) is 20.9 Å². The summed E-state index contributed by atoms with van der Waals surface area (Å²) in [7, 11) is 0. The zero-order chi connectivity index (χ0) is 18.7. The number of amides is 1. The Balaban J connectivity index is 1.85.